The third-order valence-corrected chi connectivity index (χ3v) is 3.76. The van der Waals surface area contributed by atoms with Crippen LogP contribution in [0.3, 0.4) is 0 Å². The second kappa shape index (κ2) is 6.94. The van der Waals surface area contributed by atoms with Gasteiger partial charge in [-0.25, -0.2) is 0 Å². The van der Waals surface area contributed by atoms with Crippen LogP contribution < -0.4 is 10.6 Å². The van der Waals surface area contributed by atoms with Crippen molar-refractivity contribution in [2.45, 2.75) is 13.0 Å². The first kappa shape index (κ1) is 13.6. The van der Waals surface area contributed by atoms with Crippen molar-refractivity contribution in [3.05, 3.63) is 40.3 Å². The van der Waals surface area contributed by atoms with Crippen molar-refractivity contribution in [1.82, 2.24) is 20.4 Å². The van der Waals surface area contributed by atoms with Gasteiger partial charge in [-0.2, -0.15) is 5.10 Å². The summed E-state index contributed by atoms with van der Waals surface area (Å²) in [6, 6.07) is 6.22. The van der Waals surface area contributed by atoms with Crippen LogP contribution in [0, 0.1) is 0 Å². The molecule has 0 amide bonds. The summed E-state index contributed by atoms with van der Waals surface area (Å²) in [5.74, 6) is 0.817. The molecule has 0 spiro atoms. The average Bonchev–Trinajstić information content (AvgIpc) is 3.05. The quantitative estimate of drug-likeness (QED) is 0.641. The lowest BCUT2D eigenvalue weighted by Crippen LogP contribution is -2.38. The average molecular weight is 277 g/mol. The van der Waals surface area contributed by atoms with Crippen LogP contribution in [0.25, 0.3) is 0 Å². The maximum Gasteiger partial charge on any atom is 0.191 e. The van der Waals surface area contributed by atoms with E-state index < -0.39 is 0 Å². The predicted molar refractivity (Wildman–Crippen MR) is 79.4 cm³/mol. The van der Waals surface area contributed by atoms with E-state index in [-0.39, 0.29) is 0 Å². The first-order valence-electron chi connectivity index (χ1n) is 6.23. The van der Waals surface area contributed by atoms with Gasteiger partial charge >= 0.3 is 0 Å². The first-order chi connectivity index (χ1) is 9.29. The summed E-state index contributed by atoms with van der Waals surface area (Å²) >= 11 is 1.78. The van der Waals surface area contributed by atoms with Crippen molar-refractivity contribution in [3.63, 3.8) is 0 Å². The Hall–Kier alpha value is -1.82. The molecule has 6 heteroatoms. The summed E-state index contributed by atoms with van der Waals surface area (Å²) in [6.45, 7) is 1.60. The summed E-state index contributed by atoms with van der Waals surface area (Å²) in [5, 5.41) is 12.8. The van der Waals surface area contributed by atoms with E-state index in [0.29, 0.717) is 0 Å². The molecule has 0 aliphatic heterocycles. The van der Waals surface area contributed by atoms with Crippen LogP contribution in [0.15, 0.2) is 34.8 Å². The Morgan fingerprint density at radius 3 is 2.95 bits per heavy atom. The fourth-order valence-electron chi connectivity index (χ4n) is 1.73. The molecule has 0 aliphatic carbocycles. The van der Waals surface area contributed by atoms with Crippen molar-refractivity contribution in [2.24, 2.45) is 12.0 Å². The van der Waals surface area contributed by atoms with Crippen LogP contribution in [-0.2, 0) is 20.0 Å². The molecule has 0 aromatic carbocycles. The molecule has 0 bridgehead atoms. The number of aromatic nitrogens is 2. The highest BCUT2D eigenvalue weighted by Gasteiger charge is 2.01. The van der Waals surface area contributed by atoms with Crippen LogP contribution >= 0.6 is 11.3 Å². The fourth-order valence-corrected chi connectivity index (χ4v) is 2.44. The van der Waals surface area contributed by atoms with Crippen molar-refractivity contribution in [2.75, 3.05) is 13.6 Å². The van der Waals surface area contributed by atoms with E-state index >= 15 is 0 Å². The lowest BCUT2D eigenvalue weighted by molar-refractivity contribution is 0.684. The zero-order valence-electron chi connectivity index (χ0n) is 11.3. The topological polar surface area (TPSA) is 54.2 Å². The zero-order chi connectivity index (χ0) is 13.5. The smallest absolute Gasteiger partial charge is 0.191 e. The van der Waals surface area contributed by atoms with Gasteiger partial charge in [-0.15, -0.1) is 11.3 Å². The van der Waals surface area contributed by atoms with E-state index in [1.54, 1.807) is 24.6 Å². The van der Waals surface area contributed by atoms with Crippen LogP contribution in [-0.4, -0.2) is 29.3 Å². The summed E-state index contributed by atoms with van der Waals surface area (Å²) in [7, 11) is 3.72. The Bertz CT molecular complexity index is 515. The Morgan fingerprint density at radius 2 is 2.32 bits per heavy atom. The van der Waals surface area contributed by atoms with Gasteiger partial charge in [-0.1, -0.05) is 6.07 Å². The molecule has 0 unspecified atom stereocenters. The van der Waals surface area contributed by atoms with Crippen molar-refractivity contribution >= 4 is 17.3 Å². The maximum atomic E-state index is 4.20. The van der Waals surface area contributed by atoms with E-state index in [0.717, 1.165) is 31.2 Å². The van der Waals surface area contributed by atoms with Gasteiger partial charge in [0.1, 0.15) is 0 Å². The number of thiophene rings is 1. The number of nitrogens with one attached hydrogen (secondary N) is 2. The monoisotopic (exact) mass is 277 g/mol. The second-order valence-electron chi connectivity index (χ2n) is 4.13. The number of hydrogen-bond donors (Lipinski definition) is 2. The molecule has 0 aliphatic rings. The van der Waals surface area contributed by atoms with Gasteiger partial charge in [0.05, 0.1) is 12.2 Å². The molecule has 2 aromatic heterocycles. The lowest BCUT2D eigenvalue weighted by atomic mass is 10.3. The minimum Gasteiger partial charge on any atom is -0.356 e. The third-order valence-electron chi connectivity index (χ3n) is 2.83. The van der Waals surface area contributed by atoms with E-state index in [4.69, 9.17) is 0 Å². The second-order valence-corrected chi connectivity index (χ2v) is 5.16. The van der Waals surface area contributed by atoms with Gasteiger partial charge in [-0.3, -0.25) is 9.67 Å². The van der Waals surface area contributed by atoms with Crippen LogP contribution in [0.5, 0.6) is 0 Å². The van der Waals surface area contributed by atoms with E-state index in [1.807, 2.05) is 17.8 Å². The van der Waals surface area contributed by atoms with Gasteiger partial charge in [0.2, 0.25) is 0 Å². The standard InChI is InChI=1S/C13H19N5S/c1-14-13(15-7-6-12-4-3-9-19-12)16-10-11-5-8-17-18(11)2/h3-5,8-9H,6-7,10H2,1-2H3,(H2,14,15,16). The summed E-state index contributed by atoms with van der Waals surface area (Å²) in [5.41, 5.74) is 1.13. The number of aryl methyl sites for hydroxylation is 1. The summed E-state index contributed by atoms with van der Waals surface area (Å²) in [4.78, 5) is 5.59. The maximum absolute atomic E-state index is 4.20. The number of nitrogens with zero attached hydrogens (tertiary/aromatic N) is 3. The van der Waals surface area contributed by atoms with Gasteiger partial charge < -0.3 is 10.6 Å². The summed E-state index contributed by atoms with van der Waals surface area (Å²) < 4.78 is 1.85. The van der Waals surface area contributed by atoms with Gasteiger partial charge in [0, 0.05) is 31.7 Å². The Balaban J connectivity index is 1.73. The Morgan fingerprint density at radius 1 is 1.42 bits per heavy atom. The zero-order valence-corrected chi connectivity index (χ0v) is 12.1. The SMILES string of the molecule is CN=C(NCCc1cccs1)NCc1ccnn1C. The number of hydrogen-bond acceptors (Lipinski definition) is 3. The van der Waals surface area contributed by atoms with E-state index in [1.165, 1.54) is 4.88 Å². The molecular formula is C13H19N5S. The molecule has 2 N–H and O–H groups in total. The molecule has 0 saturated carbocycles. The number of rotatable bonds is 5. The molecule has 0 atom stereocenters. The van der Waals surface area contributed by atoms with Gasteiger partial charge in [0.25, 0.3) is 0 Å². The molecule has 19 heavy (non-hydrogen) atoms. The molecule has 0 radical (unpaired) electrons. The third kappa shape index (κ3) is 4.10. The van der Waals surface area contributed by atoms with Crippen LogP contribution in [0.1, 0.15) is 10.6 Å². The lowest BCUT2D eigenvalue weighted by Gasteiger charge is -2.11. The largest absolute Gasteiger partial charge is 0.356 e. The predicted octanol–water partition coefficient (Wildman–Crippen LogP) is 1.39. The normalized spacial score (nSPS) is 11.6. The Labute approximate surface area is 117 Å². The van der Waals surface area contributed by atoms with Crippen molar-refractivity contribution < 1.29 is 0 Å². The molecule has 0 fully saturated rings. The van der Waals surface area contributed by atoms with Crippen LogP contribution in [0.4, 0.5) is 0 Å². The van der Waals surface area contributed by atoms with E-state index in [2.05, 4.69) is 38.2 Å². The molecule has 2 rings (SSSR count). The Kier molecular flexibility index (Phi) is 4.97. The fraction of sp³-hybridized carbons (Fsp3) is 0.385. The summed E-state index contributed by atoms with van der Waals surface area (Å²) in [6.07, 6.45) is 2.81. The minimum absolute atomic E-state index is 0.717. The van der Waals surface area contributed by atoms with Crippen molar-refractivity contribution in [3.8, 4) is 0 Å². The van der Waals surface area contributed by atoms with Gasteiger partial charge in [-0.05, 0) is 23.9 Å². The molecule has 2 heterocycles. The van der Waals surface area contributed by atoms with E-state index in [9.17, 15) is 0 Å². The first-order valence-corrected chi connectivity index (χ1v) is 7.11. The molecule has 2 aromatic rings. The molecule has 5 nitrogen and oxygen atoms in total. The number of aliphatic imine (C=N–C) groups is 1. The minimum atomic E-state index is 0.717. The molecular weight excluding hydrogens is 258 g/mol. The highest BCUT2D eigenvalue weighted by atomic mass is 32.1. The highest BCUT2D eigenvalue weighted by Crippen LogP contribution is 2.07. The number of guanidine groups is 1. The molecule has 102 valence electrons. The van der Waals surface area contributed by atoms with Gasteiger partial charge in [0.15, 0.2) is 5.96 Å². The highest BCUT2D eigenvalue weighted by molar-refractivity contribution is 7.09. The van der Waals surface area contributed by atoms with Crippen LogP contribution in [0.2, 0.25) is 0 Å². The van der Waals surface area contributed by atoms with Crippen molar-refractivity contribution in [1.29, 1.82) is 0 Å². The molecule has 0 saturated heterocycles.